The molecule has 0 amide bonds. The molecule has 4 N–H and O–H groups in total. The Labute approximate surface area is 161 Å². The van der Waals surface area contributed by atoms with E-state index in [2.05, 4.69) is 0 Å². The van der Waals surface area contributed by atoms with Crippen LogP contribution in [0.4, 0.5) is 0 Å². The van der Waals surface area contributed by atoms with E-state index in [4.69, 9.17) is 14.9 Å². The van der Waals surface area contributed by atoms with E-state index in [-0.39, 0.29) is 19.4 Å². The number of hydrogen-bond acceptors (Lipinski definition) is 5. The largest absolute Gasteiger partial charge is 0.481 e. The van der Waals surface area contributed by atoms with Gasteiger partial charge in [-0.25, -0.2) is 4.57 Å². The maximum absolute atomic E-state index is 10.8. The zero-order chi connectivity index (χ0) is 20.3. The lowest BCUT2D eigenvalue weighted by Gasteiger charge is -2.13. The molecule has 1 saturated heterocycles. The molecule has 9 heteroatoms. The smallest absolute Gasteiger partial charge is 0.303 e. The summed E-state index contributed by atoms with van der Waals surface area (Å²) >= 11 is 0. The summed E-state index contributed by atoms with van der Waals surface area (Å²) < 4.78 is 9.40. The van der Waals surface area contributed by atoms with Crippen LogP contribution in [0.25, 0.3) is 10.9 Å². The van der Waals surface area contributed by atoms with Gasteiger partial charge in [-0.2, -0.15) is 0 Å². The minimum absolute atomic E-state index is 0.0446. The second-order valence-corrected chi connectivity index (χ2v) is 7.07. The summed E-state index contributed by atoms with van der Waals surface area (Å²) in [7, 11) is 0. The average Bonchev–Trinajstić information content (AvgIpc) is 3.15. The van der Waals surface area contributed by atoms with Crippen LogP contribution in [0.5, 0.6) is 0 Å². The fourth-order valence-corrected chi connectivity index (χ4v) is 3.55. The van der Waals surface area contributed by atoms with Gasteiger partial charge in [0.15, 0.2) is 12.4 Å². The van der Waals surface area contributed by atoms with Crippen molar-refractivity contribution < 1.29 is 39.3 Å². The van der Waals surface area contributed by atoms with E-state index in [0.29, 0.717) is 25.9 Å². The van der Waals surface area contributed by atoms with Gasteiger partial charge < -0.3 is 29.7 Å². The molecule has 0 spiro atoms. The van der Waals surface area contributed by atoms with Crippen molar-refractivity contribution in [3.05, 3.63) is 30.2 Å². The number of carbonyl (C=O) groups is 2. The third kappa shape index (κ3) is 4.49. The number of nitrogens with zero attached hydrogens (tertiary/aromatic N) is 2. The highest BCUT2D eigenvalue weighted by atomic mass is 16.5. The predicted octanol–water partition coefficient (Wildman–Crippen LogP) is 0.451. The number of ether oxygens (including phenoxy) is 1. The molecule has 0 aromatic carbocycles. The molecule has 1 aliphatic rings. The third-order valence-electron chi connectivity index (χ3n) is 4.96. The van der Waals surface area contributed by atoms with E-state index in [1.165, 1.54) is 0 Å². The van der Waals surface area contributed by atoms with Crippen molar-refractivity contribution in [1.29, 1.82) is 0 Å². The van der Waals surface area contributed by atoms with Crippen molar-refractivity contribution in [2.45, 2.75) is 57.1 Å². The SMILES string of the molecule is O=C(O)CCCn1cc(C2OCC(O)C2O)c2c[n+](CCCC(=O)O)ccc21. The van der Waals surface area contributed by atoms with Gasteiger partial charge in [-0.1, -0.05) is 0 Å². The Morgan fingerprint density at radius 2 is 1.89 bits per heavy atom. The summed E-state index contributed by atoms with van der Waals surface area (Å²) in [4.78, 5) is 21.5. The maximum atomic E-state index is 10.8. The Bertz CT molecular complexity index is 863. The molecular formula is C19H25N2O7+. The summed E-state index contributed by atoms with van der Waals surface area (Å²) in [6, 6.07) is 1.89. The Kier molecular flexibility index (Phi) is 6.28. The standard InChI is InChI=1S/C19H24N2O7/c22-15-11-28-19(18(15)27)13-10-21(7-2-4-17(25)26)14-5-8-20(9-12(13)14)6-1-3-16(23)24/h5,8-10,15,18-19,22,27H,1-4,6-7,11H2,(H-,23,24,25,26)/p+1. The van der Waals surface area contributed by atoms with Gasteiger partial charge in [-0.3, -0.25) is 9.59 Å². The molecule has 0 aliphatic carbocycles. The molecule has 152 valence electrons. The van der Waals surface area contributed by atoms with Gasteiger partial charge in [0, 0.05) is 37.2 Å². The molecule has 2 aromatic heterocycles. The van der Waals surface area contributed by atoms with E-state index < -0.39 is 30.3 Å². The van der Waals surface area contributed by atoms with Crippen LogP contribution in [0.3, 0.4) is 0 Å². The number of pyridine rings is 1. The summed E-state index contributed by atoms with van der Waals surface area (Å²) in [5, 5.41) is 38.6. The van der Waals surface area contributed by atoms with E-state index >= 15 is 0 Å². The number of aliphatic hydroxyl groups is 2. The van der Waals surface area contributed by atoms with E-state index in [9.17, 15) is 19.8 Å². The molecule has 3 rings (SSSR count). The molecule has 28 heavy (non-hydrogen) atoms. The second kappa shape index (κ2) is 8.68. The quantitative estimate of drug-likeness (QED) is 0.455. The first-order valence-corrected chi connectivity index (χ1v) is 9.30. The Hall–Kier alpha value is -2.49. The molecule has 0 radical (unpaired) electrons. The molecule has 3 unspecified atom stereocenters. The molecular weight excluding hydrogens is 368 g/mol. The fraction of sp³-hybridized carbons (Fsp3) is 0.526. The number of rotatable bonds is 9. The Balaban J connectivity index is 1.91. The average molecular weight is 393 g/mol. The normalized spacial score (nSPS) is 22.0. The summed E-state index contributed by atoms with van der Waals surface area (Å²) in [5.41, 5.74) is 1.59. The topological polar surface area (TPSA) is 133 Å². The molecule has 3 heterocycles. The lowest BCUT2D eigenvalue weighted by Crippen LogP contribution is -2.33. The summed E-state index contributed by atoms with van der Waals surface area (Å²) in [6.07, 6.45) is 3.96. The van der Waals surface area contributed by atoms with Crippen molar-refractivity contribution in [1.82, 2.24) is 4.57 Å². The molecule has 2 aromatic rings. The molecule has 1 aliphatic heterocycles. The minimum Gasteiger partial charge on any atom is -0.481 e. The number of aromatic nitrogens is 2. The summed E-state index contributed by atoms with van der Waals surface area (Å²) in [6.45, 7) is 1.07. The Morgan fingerprint density at radius 1 is 1.18 bits per heavy atom. The van der Waals surface area contributed by atoms with Crippen LogP contribution in [0.15, 0.2) is 24.7 Å². The number of aryl methyl sites for hydroxylation is 2. The van der Waals surface area contributed by atoms with Crippen molar-refractivity contribution in [3.63, 3.8) is 0 Å². The maximum Gasteiger partial charge on any atom is 0.303 e. The molecule has 0 bridgehead atoms. The predicted molar refractivity (Wildman–Crippen MR) is 96.6 cm³/mol. The number of carboxylic acids is 2. The third-order valence-corrected chi connectivity index (χ3v) is 4.96. The van der Waals surface area contributed by atoms with Gasteiger partial charge in [0.05, 0.1) is 23.9 Å². The van der Waals surface area contributed by atoms with Crippen LogP contribution < -0.4 is 4.57 Å². The number of aliphatic hydroxyl groups excluding tert-OH is 2. The molecule has 0 saturated carbocycles. The van der Waals surface area contributed by atoms with Gasteiger partial charge in [0.2, 0.25) is 0 Å². The zero-order valence-electron chi connectivity index (χ0n) is 15.4. The van der Waals surface area contributed by atoms with Gasteiger partial charge in [-0.15, -0.1) is 0 Å². The highest BCUT2D eigenvalue weighted by molar-refractivity contribution is 5.83. The number of hydrogen-bond donors (Lipinski definition) is 4. The number of aliphatic carboxylic acids is 2. The van der Waals surface area contributed by atoms with Crippen LogP contribution in [-0.2, 0) is 27.4 Å². The van der Waals surface area contributed by atoms with Crippen LogP contribution in [0.2, 0.25) is 0 Å². The van der Waals surface area contributed by atoms with Gasteiger partial charge in [0.1, 0.15) is 24.9 Å². The minimum atomic E-state index is -1.04. The number of fused-ring (bicyclic) bond motifs is 1. The second-order valence-electron chi connectivity index (χ2n) is 7.07. The van der Waals surface area contributed by atoms with Crippen LogP contribution in [-0.4, -0.2) is 55.7 Å². The Morgan fingerprint density at radius 3 is 2.54 bits per heavy atom. The van der Waals surface area contributed by atoms with Gasteiger partial charge in [-0.05, 0) is 6.42 Å². The van der Waals surface area contributed by atoms with E-state index in [1.54, 1.807) is 0 Å². The molecule has 3 atom stereocenters. The molecule has 1 fully saturated rings. The van der Waals surface area contributed by atoms with Crippen molar-refractivity contribution in [2.75, 3.05) is 6.61 Å². The van der Waals surface area contributed by atoms with Crippen molar-refractivity contribution in [2.24, 2.45) is 0 Å². The number of carboxylic acid groups (broad SMARTS) is 2. The highest BCUT2D eigenvalue weighted by Gasteiger charge is 2.37. The first-order chi connectivity index (χ1) is 13.4. The zero-order valence-corrected chi connectivity index (χ0v) is 15.4. The fourth-order valence-electron chi connectivity index (χ4n) is 3.55. The first-order valence-electron chi connectivity index (χ1n) is 9.30. The van der Waals surface area contributed by atoms with Crippen LogP contribution >= 0.6 is 0 Å². The summed E-state index contributed by atoms with van der Waals surface area (Å²) in [5.74, 6) is -1.70. The molecule has 9 nitrogen and oxygen atoms in total. The lowest BCUT2D eigenvalue weighted by molar-refractivity contribution is -0.696. The van der Waals surface area contributed by atoms with Crippen molar-refractivity contribution in [3.8, 4) is 0 Å². The van der Waals surface area contributed by atoms with Crippen molar-refractivity contribution >= 4 is 22.8 Å². The van der Waals surface area contributed by atoms with Gasteiger partial charge in [0.25, 0.3) is 0 Å². The van der Waals surface area contributed by atoms with Gasteiger partial charge >= 0.3 is 11.9 Å². The van der Waals surface area contributed by atoms with E-state index in [1.807, 2.05) is 33.8 Å². The lowest BCUT2D eigenvalue weighted by atomic mass is 10.0. The highest BCUT2D eigenvalue weighted by Crippen LogP contribution is 2.35. The van der Waals surface area contributed by atoms with E-state index in [0.717, 1.165) is 16.5 Å². The van der Waals surface area contributed by atoms with Crippen LogP contribution in [0, 0.1) is 0 Å². The van der Waals surface area contributed by atoms with Crippen LogP contribution in [0.1, 0.15) is 37.4 Å². The monoisotopic (exact) mass is 393 g/mol. The first kappa shape index (κ1) is 20.2.